The number of nitrogens with zero attached hydrogens (tertiary/aromatic N) is 8. The van der Waals surface area contributed by atoms with Crippen molar-refractivity contribution in [3.8, 4) is 5.69 Å². The van der Waals surface area contributed by atoms with Crippen LogP contribution in [0.3, 0.4) is 0 Å². The van der Waals surface area contributed by atoms with E-state index in [1.165, 1.54) is 251 Å². The van der Waals surface area contributed by atoms with Gasteiger partial charge in [-0.05, 0) is 233 Å². The van der Waals surface area contributed by atoms with Gasteiger partial charge in [0.1, 0.15) is 28.6 Å². The Hall–Kier alpha value is -13.0. The highest BCUT2D eigenvalue weighted by atomic mass is 28.3. The number of benzene rings is 11. The highest BCUT2D eigenvalue weighted by Crippen LogP contribution is 2.64. The molecule has 0 unspecified atom stereocenters. The average molecular weight is 1750 g/mol. The molecule has 13 heterocycles. The molecule has 0 N–H and O–H groups in total. The van der Waals surface area contributed by atoms with Crippen molar-refractivity contribution in [1.29, 1.82) is 0 Å². The first-order valence-electron chi connectivity index (χ1n) is 48.9. The van der Waals surface area contributed by atoms with Crippen molar-refractivity contribution in [2.45, 2.75) is 188 Å². The van der Waals surface area contributed by atoms with Crippen LogP contribution in [-0.2, 0) is 27.1 Å². The Morgan fingerprint density at radius 3 is 1.22 bits per heavy atom. The third-order valence-electron chi connectivity index (χ3n) is 33.1. The maximum Gasteiger partial charge on any atom is 0.224 e. The molecule has 133 heavy (non-hydrogen) atoms. The van der Waals surface area contributed by atoms with Crippen LogP contribution >= 0.6 is 0 Å². The van der Waals surface area contributed by atoms with E-state index in [1.54, 1.807) is 5.56 Å². The maximum absolute atomic E-state index is 6.48. The van der Waals surface area contributed by atoms with Crippen molar-refractivity contribution in [1.82, 2.24) is 36.5 Å². The molecule has 13 aromatic heterocycles. The van der Waals surface area contributed by atoms with E-state index in [0.29, 0.717) is 10.8 Å². The van der Waals surface area contributed by atoms with Crippen LogP contribution in [0.15, 0.2) is 315 Å². The summed E-state index contributed by atoms with van der Waals surface area (Å²) in [7, 11) is -2.92. The minimum atomic E-state index is -2.92. The third-order valence-corrected chi connectivity index (χ3v) is 37.7. The highest BCUT2D eigenvalue weighted by Gasteiger charge is 2.55. The second kappa shape index (κ2) is 29.7. The third kappa shape index (κ3) is 12.2. The zero-order valence-corrected chi connectivity index (χ0v) is 78.9. The van der Waals surface area contributed by atoms with Crippen LogP contribution in [0.2, 0.25) is 0 Å². The molecule has 0 saturated heterocycles. The van der Waals surface area contributed by atoms with Crippen LogP contribution in [0, 0.1) is 49.4 Å². The predicted octanol–water partition coefficient (Wildman–Crippen LogP) is 29.0. The monoisotopic (exact) mass is 1750 g/mol. The first kappa shape index (κ1) is 81.9. The van der Waals surface area contributed by atoms with Crippen molar-refractivity contribution < 1.29 is 4.42 Å². The summed E-state index contributed by atoms with van der Waals surface area (Å²) in [6, 6.07) is 95.8. The molecule has 8 fully saturated rings. The van der Waals surface area contributed by atoms with Crippen molar-refractivity contribution in [3.05, 3.63) is 350 Å². The molecule has 8 aliphatic carbocycles. The molecule has 9 nitrogen and oxygen atoms in total. The van der Waals surface area contributed by atoms with Gasteiger partial charge in [-0.3, -0.25) is 14.0 Å². The molecule has 660 valence electrons. The molecule has 0 atom stereocenters. The topological polar surface area (TPSA) is 65.9 Å². The lowest BCUT2D eigenvalue weighted by Gasteiger charge is -2.57. The molecule has 0 radical (unpaired) electrons. The smallest absolute Gasteiger partial charge is 0.224 e. The van der Waals surface area contributed by atoms with Gasteiger partial charge >= 0.3 is 0 Å². The number of para-hydroxylation sites is 7. The fourth-order valence-corrected chi connectivity index (χ4v) is 33.1. The van der Waals surface area contributed by atoms with Gasteiger partial charge in [0.05, 0.1) is 55.0 Å². The quantitative estimate of drug-likeness (QED) is 0.118. The molecule has 0 aliphatic heterocycles. The van der Waals surface area contributed by atoms with Gasteiger partial charge in [-0.15, -0.1) is 0 Å². The lowest BCUT2D eigenvalue weighted by atomic mass is 9.48. The van der Waals surface area contributed by atoms with E-state index < -0.39 is 8.07 Å². The van der Waals surface area contributed by atoms with Crippen LogP contribution in [0.1, 0.15) is 186 Å². The van der Waals surface area contributed by atoms with E-state index in [4.69, 9.17) is 9.40 Å². The summed E-state index contributed by atoms with van der Waals surface area (Å²) in [5.41, 5.74) is 26.1. The number of hydrogen-bond acceptors (Lipinski definition) is 3. The summed E-state index contributed by atoms with van der Waals surface area (Å²) in [6.07, 6.45) is 35.0. The Kier molecular flexibility index (Phi) is 18.3. The molecule has 10 heteroatoms. The predicted molar refractivity (Wildman–Crippen MR) is 561 cm³/mol. The summed E-state index contributed by atoms with van der Waals surface area (Å²) < 4.78 is 20.9. The van der Waals surface area contributed by atoms with E-state index in [1.807, 2.05) is 12.4 Å². The zero-order valence-electron chi connectivity index (χ0n) is 77.9. The van der Waals surface area contributed by atoms with E-state index >= 15 is 0 Å². The van der Waals surface area contributed by atoms with Gasteiger partial charge in [-0.25, -0.2) is 4.98 Å². The zero-order chi connectivity index (χ0) is 89.0. The van der Waals surface area contributed by atoms with Crippen LogP contribution in [0.5, 0.6) is 0 Å². The van der Waals surface area contributed by atoms with Crippen LogP contribution < -0.4 is 21.0 Å². The number of aromatic nitrogens is 8. The molecule has 32 rings (SSSR count). The Labute approximate surface area is 779 Å². The maximum atomic E-state index is 6.48. The Morgan fingerprint density at radius 2 is 0.699 bits per heavy atom. The lowest BCUT2D eigenvalue weighted by molar-refractivity contribution is -0.0142. The Balaban J connectivity index is 0.0000000930. The van der Waals surface area contributed by atoms with Crippen molar-refractivity contribution in [2.75, 3.05) is 0 Å². The van der Waals surface area contributed by atoms with Gasteiger partial charge in [0.25, 0.3) is 0 Å². The largest absolute Gasteiger partial charge is 0.466 e. The molecule has 8 bridgehead atoms. The van der Waals surface area contributed by atoms with Crippen LogP contribution in [-0.4, -0.2) is 44.6 Å². The number of aryl methyl sites for hydroxylation is 2. The fourth-order valence-electron chi connectivity index (χ4n) is 28.4. The molecular formula is C123H118N8OSi. The number of hydrogen-bond donors (Lipinski definition) is 0. The van der Waals surface area contributed by atoms with Gasteiger partial charge in [-0.1, -0.05) is 294 Å². The Morgan fingerprint density at radius 1 is 0.331 bits per heavy atom. The number of imidazole rings is 1. The van der Waals surface area contributed by atoms with Gasteiger partial charge in [0.15, 0.2) is 0 Å². The lowest BCUT2D eigenvalue weighted by Crippen LogP contribution is -2.76. The molecule has 0 spiro atoms. The van der Waals surface area contributed by atoms with Crippen LogP contribution in [0.4, 0.5) is 0 Å². The van der Waals surface area contributed by atoms with Crippen molar-refractivity contribution in [3.63, 3.8) is 0 Å². The summed E-state index contributed by atoms with van der Waals surface area (Å²) in [4.78, 5) is 10.1. The molecule has 24 aromatic rings. The minimum absolute atomic E-state index is 0. The van der Waals surface area contributed by atoms with E-state index in [-0.39, 0.29) is 23.7 Å². The molecule has 8 aliphatic rings. The van der Waals surface area contributed by atoms with Crippen molar-refractivity contribution in [2.24, 2.45) is 35.5 Å². The summed E-state index contributed by atoms with van der Waals surface area (Å²) in [6.45, 7) is 25.2. The summed E-state index contributed by atoms with van der Waals surface area (Å²) >= 11 is 0. The molecule has 8 saturated carbocycles. The number of pyridine rings is 1. The van der Waals surface area contributed by atoms with Gasteiger partial charge in [0, 0.05) is 125 Å². The average Bonchev–Trinajstić information content (AvgIpc) is 1.46. The van der Waals surface area contributed by atoms with E-state index in [0.717, 1.165) is 57.8 Å². The second-order valence-electron chi connectivity index (χ2n) is 44.4. The van der Waals surface area contributed by atoms with Gasteiger partial charge in [-0.2, -0.15) is 0 Å². The second-order valence-corrected chi connectivity index (χ2v) is 48.0. The first-order chi connectivity index (χ1) is 64.1. The van der Waals surface area contributed by atoms with Crippen molar-refractivity contribution >= 4 is 165 Å². The fraction of sp³-hybridized carbons (Fsp3) is 0.285. The minimum Gasteiger partial charge on any atom is -0.466 e. The normalized spacial score (nSPS) is 20.7. The standard InChI is InChI=1S/C39H33N3Si.C28H31N.C26H29NO.C15H11N.C14H10N2.CH4/c1-39(2,3)34-27-41-36-32(34)25-16-26-33(36)35-37(41)42(28-17-8-4-9-18-28)38(40-35)43(29-19-10-5-11-20-29,30-21-12-6-13-22-30)31-23-14-7-15-24-31;1-27(2,3)24-16-29-25-8-7-20(12-23(25)21-5-4-6-22(24)26(21)29)28-13-17-9-18(14-28)11-19(10-17)15-28;1-25(2,3)20-13-27-21-14-28-24(22(21)19-6-4-5-18(20)23(19)27)26-10-15-7-16(11-26)9-17(8-15)12-26;1-10-9-16-14-8-3-2-5-12(14)13-7-4-6-11(10)15(13)16;1-9-8-16-13-5-3-2-4-10(13)12-7-15-6-11(9)14(12)16;/h4-27H,1-3H3;4-8,12,16-19H,9-11,13-15H2,1-3H3;4-6,13-17H,7-12H2,1-3H3;2-9H,1H3;2-8H,1H3;1H4. The molecular weight excluding hydrogens is 1630 g/mol. The summed E-state index contributed by atoms with van der Waals surface area (Å²) in [5.74, 6) is 7.15. The van der Waals surface area contributed by atoms with E-state index in [9.17, 15) is 0 Å². The van der Waals surface area contributed by atoms with E-state index in [2.05, 4.69) is 406 Å². The highest BCUT2D eigenvalue weighted by molar-refractivity contribution is 7.19. The Bertz CT molecular complexity index is 8250. The van der Waals surface area contributed by atoms with Crippen LogP contribution in [0.25, 0.3) is 142 Å². The SMILES string of the molecule is C.CC(C)(C)c1cn2c3c1cccc3c1nc([Si](c3ccccc3)(c3ccccc3)c3ccccc3)n(-c3ccccc3)c12.CC(C)(C)c1cn2c3ccc(C45CC6CC(CC(C6)C4)C5)cc3c3cccc1c32.CC(C)(C)c1cn2c3coc(C45CC6CC(CC(C6)C4)C5)c3c3cccc1c32.Cc1cn2c3ccccc3c3cccc1c32.Cc1cn2c3ccccc3c3cncc1c32. The number of fused-ring (bicyclic) bond motifs is 15. The number of rotatable bonds is 7. The van der Waals surface area contributed by atoms with Gasteiger partial charge < -0.3 is 22.0 Å². The summed E-state index contributed by atoms with van der Waals surface area (Å²) in [5, 5.41) is 22.9. The molecule has 0 amide bonds. The first-order valence-corrected chi connectivity index (χ1v) is 50.9. The van der Waals surface area contributed by atoms with Gasteiger partial charge in [0.2, 0.25) is 8.07 Å². The number of furan rings is 1. The molecule has 11 aromatic carbocycles.